The van der Waals surface area contributed by atoms with E-state index in [0.717, 1.165) is 0 Å². The third-order valence-electron chi connectivity index (χ3n) is 10.4. The average molecular weight is 669 g/mol. The van der Waals surface area contributed by atoms with Crippen LogP contribution in [0.15, 0.2) is 170 Å². The third-order valence-corrected chi connectivity index (χ3v) is 12.8. The normalized spacial score (nSPS) is 12.0. The molecule has 2 heterocycles. The van der Waals surface area contributed by atoms with Crippen LogP contribution >= 0.6 is 22.7 Å². The zero-order valence-corrected chi connectivity index (χ0v) is 28.6. The van der Waals surface area contributed by atoms with Crippen molar-refractivity contribution in [2.45, 2.75) is 0 Å². The summed E-state index contributed by atoms with van der Waals surface area (Å²) in [4.78, 5) is 0. The number of rotatable bonds is 3. The van der Waals surface area contributed by atoms with Crippen molar-refractivity contribution in [1.29, 1.82) is 0 Å². The second-order valence-corrected chi connectivity index (χ2v) is 15.3. The highest BCUT2D eigenvalue weighted by Crippen LogP contribution is 2.46. The van der Waals surface area contributed by atoms with Gasteiger partial charge in [0.1, 0.15) is 0 Å². The Morgan fingerprint density at radius 1 is 0.280 bits per heavy atom. The van der Waals surface area contributed by atoms with Gasteiger partial charge in [0.05, 0.1) is 0 Å². The van der Waals surface area contributed by atoms with E-state index in [-0.39, 0.29) is 0 Å². The lowest BCUT2D eigenvalue weighted by Crippen LogP contribution is -1.90. The molecule has 0 fully saturated rings. The first-order chi connectivity index (χ1) is 24.8. The predicted molar refractivity (Wildman–Crippen MR) is 221 cm³/mol. The van der Waals surface area contributed by atoms with Gasteiger partial charge in [-0.2, -0.15) is 0 Å². The molecule has 11 rings (SSSR count). The fraction of sp³-hybridized carbons (Fsp3) is 0. The molecule has 0 aliphatic carbocycles. The number of thiophene rings is 2. The smallest absolute Gasteiger partial charge is 0.0448 e. The van der Waals surface area contributed by atoms with Crippen molar-refractivity contribution in [3.8, 4) is 33.4 Å². The molecule has 0 radical (unpaired) electrons. The van der Waals surface area contributed by atoms with Crippen molar-refractivity contribution in [2.75, 3.05) is 0 Å². The van der Waals surface area contributed by atoms with Crippen molar-refractivity contribution in [2.24, 2.45) is 0 Å². The van der Waals surface area contributed by atoms with Crippen molar-refractivity contribution in [1.82, 2.24) is 0 Å². The van der Waals surface area contributed by atoms with Gasteiger partial charge < -0.3 is 0 Å². The molecule has 0 saturated heterocycles. The zero-order chi connectivity index (χ0) is 32.8. The molecule has 50 heavy (non-hydrogen) atoms. The van der Waals surface area contributed by atoms with E-state index in [1.165, 1.54) is 106 Å². The first-order valence-corrected chi connectivity index (χ1v) is 18.7. The zero-order valence-electron chi connectivity index (χ0n) is 27.0. The SMILES string of the molecule is c1ccc(-c2c3ccccc3c(-c3ccc4cc(-c5ccc6c(c5)sc5c6ccc6sc7ccccc7c65)ccc4c3)c3ccccc23)cc1. The highest BCUT2D eigenvalue weighted by atomic mass is 32.1. The number of hydrogen-bond donors (Lipinski definition) is 0. The summed E-state index contributed by atoms with van der Waals surface area (Å²) < 4.78 is 5.47. The minimum Gasteiger partial charge on any atom is -0.135 e. The second-order valence-electron chi connectivity index (χ2n) is 13.2. The minimum atomic E-state index is 1.25. The van der Waals surface area contributed by atoms with Crippen LogP contribution in [0.2, 0.25) is 0 Å². The first-order valence-electron chi connectivity index (χ1n) is 17.1. The van der Waals surface area contributed by atoms with Crippen LogP contribution in [0.25, 0.3) is 106 Å². The molecular formula is C48H28S2. The van der Waals surface area contributed by atoms with Crippen LogP contribution in [0.1, 0.15) is 0 Å². The summed E-state index contributed by atoms with van der Waals surface area (Å²) in [6.45, 7) is 0. The Morgan fingerprint density at radius 3 is 1.54 bits per heavy atom. The second kappa shape index (κ2) is 10.9. The largest absolute Gasteiger partial charge is 0.135 e. The first kappa shape index (κ1) is 28.1. The summed E-state index contributed by atoms with van der Waals surface area (Å²) in [6.07, 6.45) is 0. The molecule has 0 atom stereocenters. The lowest BCUT2D eigenvalue weighted by molar-refractivity contribution is 1.66. The molecule has 0 N–H and O–H groups in total. The molecule has 0 bridgehead atoms. The van der Waals surface area contributed by atoms with Crippen LogP contribution in [0.5, 0.6) is 0 Å². The molecule has 0 saturated carbocycles. The van der Waals surface area contributed by atoms with Crippen LogP contribution < -0.4 is 0 Å². The van der Waals surface area contributed by atoms with E-state index < -0.39 is 0 Å². The molecule has 9 aromatic carbocycles. The Kier molecular flexibility index (Phi) is 6.09. The fourth-order valence-corrected chi connectivity index (χ4v) is 10.6. The standard InChI is InChI=1S/C48H28S2/c1-2-10-29(11-3-1)45-36-12-4-6-14-38(36)46(39-15-7-5-13-37(39)45)34-21-20-30-26-31(18-19-32(30)27-34)33-22-23-35-40-24-25-43-47(48(40)50-44(35)28-33)41-16-8-9-17-42(41)49-43/h1-28H. The van der Waals surface area contributed by atoms with E-state index in [0.29, 0.717) is 0 Å². The summed E-state index contributed by atoms with van der Waals surface area (Å²) in [7, 11) is 0. The minimum absolute atomic E-state index is 1.25. The van der Waals surface area contributed by atoms with E-state index >= 15 is 0 Å². The molecule has 2 aromatic heterocycles. The van der Waals surface area contributed by atoms with Crippen LogP contribution in [0.4, 0.5) is 0 Å². The molecular weight excluding hydrogens is 641 g/mol. The lowest BCUT2D eigenvalue weighted by Gasteiger charge is -2.18. The summed E-state index contributed by atoms with van der Waals surface area (Å²) in [5.74, 6) is 0. The van der Waals surface area contributed by atoms with Gasteiger partial charge in [-0.05, 0) is 96.0 Å². The van der Waals surface area contributed by atoms with Gasteiger partial charge in [-0.3, -0.25) is 0 Å². The van der Waals surface area contributed by atoms with Crippen molar-refractivity contribution in [3.63, 3.8) is 0 Å². The Hall–Kier alpha value is -5.80. The maximum Gasteiger partial charge on any atom is 0.0448 e. The molecule has 0 amide bonds. The van der Waals surface area contributed by atoms with Crippen molar-refractivity contribution in [3.05, 3.63) is 170 Å². The average Bonchev–Trinajstić information content (AvgIpc) is 3.75. The number of fused-ring (bicyclic) bond motifs is 10. The van der Waals surface area contributed by atoms with Crippen LogP contribution in [0, 0.1) is 0 Å². The summed E-state index contributed by atoms with van der Waals surface area (Å²) in [5.41, 5.74) is 7.60. The van der Waals surface area contributed by atoms with Gasteiger partial charge in [0.15, 0.2) is 0 Å². The van der Waals surface area contributed by atoms with Crippen LogP contribution in [0.3, 0.4) is 0 Å². The van der Waals surface area contributed by atoms with Crippen molar-refractivity contribution < 1.29 is 0 Å². The van der Waals surface area contributed by atoms with Crippen molar-refractivity contribution >= 4 is 95.3 Å². The van der Waals surface area contributed by atoms with Crippen LogP contribution in [-0.2, 0) is 0 Å². The van der Waals surface area contributed by atoms with Gasteiger partial charge in [0.2, 0.25) is 0 Å². The molecule has 2 heteroatoms. The third kappa shape index (κ3) is 4.16. The topological polar surface area (TPSA) is 0 Å². The molecule has 11 aromatic rings. The van der Waals surface area contributed by atoms with E-state index in [1.54, 1.807) is 0 Å². The Balaban J connectivity index is 1.04. The summed E-state index contributed by atoms with van der Waals surface area (Å²) in [5, 5.41) is 13.1. The molecule has 0 unspecified atom stereocenters. The monoisotopic (exact) mass is 668 g/mol. The maximum absolute atomic E-state index is 2.39. The van der Waals surface area contributed by atoms with Gasteiger partial charge in [0, 0.05) is 40.3 Å². The molecule has 0 spiro atoms. The Morgan fingerprint density at radius 2 is 0.820 bits per heavy atom. The molecule has 0 aliphatic heterocycles. The Labute approximate surface area is 297 Å². The van der Waals surface area contributed by atoms with E-state index in [1.807, 2.05) is 22.7 Å². The van der Waals surface area contributed by atoms with Gasteiger partial charge in [0.25, 0.3) is 0 Å². The van der Waals surface area contributed by atoms with E-state index in [4.69, 9.17) is 0 Å². The molecule has 232 valence electrons. The molecule has 0 aliphatic rings. The Bertz CT molecular complexity index is 3080. The molecule has 0 nitrogen and oxygen atoms in total. The number of hydrogen-bond acceptors (Lipinski definition) is 2. The quantitative estimate of drug-likeness (QED) is 0.164. The summed E-state index contributed by atoms with van der Waals surface area (Å²) >= 11 is 3.82. The lowest BCUT2D eigenvalue weighted by atomic mass is 9.85. The van der Waals surface area contributed by atoms with Gasteiger partial charge in [-0.25, -0.2) is 0 Å². The van der Waals surface area contributed by atoms with Gasteiger partial charge in [-0.1, -0.05) is 140 Å². The highest BCUT2D eigenvalue weighted by molar-refractivity contribution is 7.29. The summed E-state index contributed by atoms with van der Waals surface area (Å²) in [6, 6.07) is 63.0. The fourth-order valence-electron chi connectivity index (χ4n) is 8.16. The highest BCUT2D eigenvalue weighted by Gasteiger charge is 2.17. The van der Waals surface area contributed by atoms with E-state index in [9.17, 15) is 0 Å². The predicted octanol–water partition coefficient (Wildman–Crippen LogP) is 14.9. The van der Waals surface area contributed by atoms with Gasteiger partial charge >= 0.3 is 0 Å². The van der Waals surface area contributed by atoms with E-state index in [2.05, 4.69) is 170 Å². The van der Waals surface area contributed by atoms with Crippen LogP contribution in [-0.4, -0.2) is 0 Å². The van der Waals surface area contributed by atoms with Gasteiger partial charge in [-0.15, -0.1) is 22.7 Å². The maximum atomic E-state index is 2.39. The number of benzene rings is 9.